The van der Waals surface area contributed by atoms with Gasteiger partial charge in [-0.2, -0.15) is 0 Å². The maximum atomic E-state index is 13.8. The highest BCUT2D eigenvalue weighted by Gasteiger charge is 2.29. The summed E-state index contributed by atoms with van der Waals surface area (Å²) in [7, 11) is 0. The van der Waals surface area contributed by atoms with Crippen LogP contribution in [0.1, 0.15) is 61.8 Å². The quantitative estimate of drug-likeness (QED) is 0.416. The summed E-state index contributed by atoms with van der Waals surface area (Å²) in [6, 6.07) is 27.9. The summed E-state index contributed by atoms with van der Waals surface area (Å²) in [5.74, 6) is -0.240. The fourth-order valence-electron chi connectivity index (χ4n) is 4.03. The van der Waals surface area contributed by atoms with E-state index in [4.69, 9.17) is 0 Å². The summed E-state index contributed by atoms with van der Waals surface area (Å²) in [5, 5.41) is 3.04. The van der Waals surface area contributed by atoms with Gasteiger partial charge >= 0.3 is 0 Å². The van der Waals surface area contributed by atoms with Crippen LogP contribution in [0.5, 0.6) is 0 Å². The Morgan fingerprint density at radius 1 is 0.824 bits per heavy atom. The Morgan fingerprint density at radius 3 is 1.85 bits per heavy atom. The normalized spacial score (nSPS) is 12.7. The van der Waals surface area contributed by atoms with Crippen molar-refractivity contribution in [1.82, 2.24) is 10.2 Å². The largest absolute Gasteiger partial charge is 0.352 e. The van der Waals surface area contributed by atoms with Crippen molar-refractivity contribution < 1.29 is 9.59 Å². The molecule has 3 rings (SSSR count). The molecule has 0 saturated heterocycles. The van der Waals surface area contributed by atoms with Gasteiger partial charge in [0, 0.05) is 24.9 Å². The van der Waals surface area contributed by atoms with Crippen molar-refractivity contribution in [3.05, 3.63) is 107 Å². The van der Waals surface area contributed by atoms with Gasteiger partial charge in [0.05, 0.1) is 0 Å². The lowest BCUT2D eigenvalue weighted by molar-refractivity contribution is -0.141. The number of nitrogens with zero attached hydrogens (tertiary/aromatic N) is 1. The molecule has 2 atom stereocenters. The van der Waals surface area contributed by atoms with Crippen LogP contribution in [0.2, 0.25) is 0 Å². The van der Waals surface area contributed by atoms with Gasteiger partial charge in [-0.3, -0.25) is 9.59 Å². The highest BCUT2D eigenvalue weighted by atomic mass is 16.2. The molecule has 0 fully saturated rings. The predicted octanol–water partition coefficient (Wildman–Crippen LogP) is 5.85. The molecule has 178 valence electrons. The van der Waals surface area contributed by atoms with E-state index in [1.165, 1.54) is 0 Å². The van der Waals surface area contributed by atoms with Gasteiger partial charge in [-0.25, -0.2) is 0 Å². The van der Waals surface area contributed by atoms with Gasteiger partial charge < -0.3 is 10.2 Å². The molecule has 3 aromatic rings. The molecule has 3 aromatic carbocycles. The molecule has 0 saturated carbocycles. The molecule has 0 spiro atoms. The van der Waals surface area contributed by atoms with E-state index in [1.54, 1.807) is 4.90 Å². The van der Waals surface area contributed by atoms with Crippen molar-refractivity contribution in [3.8, 4) is 0 Å². The maximum Gasteiger partial charge on any atom is 0.242 e. The fraction of sp³-hybridized carbons (Fsp3) is 0.333. The topological polar surface area (TPSA) is 49.4 Å². The van der Waals surface area contributed by atoms with Gasteiger partial charge in [0.25, 0.3) is 0 Å². The van der Waals surface area contributed by atoms with E-state index in [0.717, 1.165) is 28.7 Å². The average molecular weight is 457 g/mol. The predicted molar refractivity (Wildman–Crippen MR) is 138 cm³/mol. The lowest BCUT2D eigenvalue weighted by Crippen LogP contribution is -2.49. The second-order valence-electron chi connectivity index (χ2n) is 9.08. The van der Waals surface area contributed by atoms with Crippen LogP contribution < -0.4 is 5.32 Å². The maximum absolute atomic E-state index is 13.8. The minimum atomic E-state index is -0.574. The van der Waals surface area contributed by atoms with E-state index in [2.05, 4.69) is 29.6 Å². The fourth-order valence-corrected chi connectivity index (χ4v) is 4.03. The van der Waals surface area contributed by atoms with E-state index in [-0.39, 0.29) is 23.8 Å². The van der Waals surface area contributed by atoms with Crippen molar-refractivity contribution in [1.29, 1.82) is 0 Å². The monoisotopic (exact) mass is 456 g/mol. The second-order valence-corrected chi connectivity index (χ2v) is 9.08. The standard InChI is InChI=1S/C30H36N2O2/c1-5-23(3)31-30(34)24(4)32(21-25-18-16-22(2)17-19-25)29(33)20-28(26-12-8-6-9-13-26)27-14-10-7-11-15-27/h6-19,23-24,28H,5,20-21H2,1-4H3,(H,31,34). The Bertz CT molecular complexity index is 1010. The molecule has 0 aliphatic carbocycles. The van der Waals surface area contributed by atoms with Crippen LogP contribution >= 0.6 is 0 Å². The van der Waals surface area contributed by atoms with Crippen LogP contribution in [0.3, 0.4) is 0 Å². The lowest BCUT2D eigenvalue weighted by Gasteiger charge is -2.31. The van der Waals surface area contributed by atoms with E-state index in [0.29, 0.717) is 13.0 Å². The Labute approximate surface area is 204 Å². The molecule has 0 aliphatic heterocycles. The molecule has 0 aliphatic rings. The smallest absolute Gasteiger partial charge is 0.242 e. The van der Waals surface area contributed by atoms with E-state index < -0.39 is 6.04 Å². The Balaban J connectivity index is 1.90. The number of hydrogen-bond donors (Lipinski definition) is 1. The molecule has 0 heterocycles. The van der Waals surface area contributed by atoms with Crippen molar-refractivity contribution in [2.45, 2.75) is 65.1 Å². The zero-order valence-electron chi connectivity index (χ0n) is 20.7. The second kappa shape index (κ2) is 12.2. The van der Waals surface area contributed by atoms with Crippen LogP contribution in [0.4, 0.5) is 0 Å². The third-order valence-electron chi connectivity index (χ3n) is 6.42. The number of carbonyl (C=O) groups is 2. The van der Waals surface area contributed by atoms with Gasteiger partial charge in [0.1, 0.15) is 6.04 Å². The summed E-state index contributed by atoms with van der Waals surface area (Å²) < 4.78 is 0. The molecule has 0 aromatic heterocycles. The van der Waals surface area contributed by atoms with Crippen LogP contribution in [0.15, 0.2) is 84.9 Å². The number of carbonyl (C=O) groups excluding carboxylic acids is 2. The first-order valence-corrected chi connectivity index (χ1v) is 12.1. The summed E-state index contributed by atoms with van der Waals surface area (Å²) >= 11 is 0. The van der Waals surface area contributed by atoms with Gasteiger partial charge in [-0.1, -0.05) is 97.4 Å². The zero-order chi connectivity index (χ0) is 24.5. The molecule has 0 radical (unpaired) electrons. The highest BCUT2D eigenvalue weighted by Crippen LogP contribution is 2.29. The molecule has 2 unspecified atom stereocenters. The lowest BCUT2D eigenvalue weighted by atomic mass is 9.88. The van der Waals surface area contributed by atoms with E-state index in [1.807, 2.05) is 88.4 Å². The first-order valence-electron chi connectivity index (χ1n) is 12.1. The number of benzene rings is 3. The van der Waals surface area contributed by atoms with Gasteiger partial charge in [-0.05, 0) is 43.9 Å². The number of rotatable bonds is 10. The van der Waals surface area contributed by atoms with Crippen molar-refractivity contribution in [3.63, 3.8) is 0 Å². The third-order valence-corrected chi connectivity index (χ3v) is 6.42. The minimum absolute atomic E-state index is 0.0370. The molecule has 0 bridgehead atoms. The van der Waals surface area contributed by atoms with Gasteiger partial charge in [0.2, 0.25) is 11.8 Å². The van der Waals surface area contributed by atoms with Crippen molar-refractivity contribution >= 4 is 11.8 Å². The summed E-state index contributed by atoms with van der Waals surface area (Å²) in [6.45, 7) is 8.28. The van der Waals surface area contributed by atoms with Crippen LogP contribution in [-0.2, 0) is 16.1 Å². The minimum Gasteiger partial charge on any atom is -0.352 e. The first-order chi connectivity index (χ1) is 16.4. The van der Waals surface area contributed by atoms with Crippen molar-refractivity contribution in [2.75, 3.05) is 0 Å². The highest BCUT2D eigenvalue weighted by molar-refractivity contribution is 5.88. The molecule has 34 heavy (non-hydrogen) atoms. The van der Waals surface area contributed by atoms with E-state index in [9.17, 15) is 9.59 Å². The number of hydrogen-bond acceptors (Lipinski definition) is 2. The number of aryl methyl sites for hydroxylation is 1. The molecule has 2 amide bonds. The Hall–Kier alpha value is -3.40. The SMILES string of the molecule is CCC(C)NC(=O)C(C)N(Cc1ccc(C)cc1)C(=O)CC(c1ccccc1)c1ccccc1. The molecule has 1 N–H and O–H groups in total. The summed E-state index contributed by atoms with van der Waals surface area (Å²) in [4.78, 5) is 28.6. The van der Waals surface area contributed by atoms with Crippen LogP contribution in [0, 0.1) is 6.92 Å². The van der Waals surface area contributed by atoms with Gasteiger partial charge in [0.15, 0.2) is 0 Å². The Morgan fingerprint density at radius 2 is 1.35 bits per heavy atom. The molecular formula is C30H36N2O2. The van der Waals surface area contributed by atoms with Crippen molar-refractivity contribution in [2.24, 2.45) is 0 Å². The van der Waals surface area contributed by atoms with Gasteiger partial charge in [-0.15, -0.1) is 0 Å². The molecule has 4 heteroatoms. The Kier molecular flexibility index (Phi) is 9.03. The van der Waals surface area contributed by atoms with E-state index >= 15 is 0 Å². The number of amides is 2. The first kappa shape index (κ1) is 25.2. The molecule has 4 nitrogen and oxygen atoms in total. The summed E-state index contributed by atoms with van der Waals surface area (Å²) in [6.07, 6.45) is 1.13. The summed E-state index contributed by atoms with van der Waals surface area (Å²) in [5.41, 5.74) is 4.36. The average Bonchev–Trinajstić information content (AvgIpc) is 2.87. The zero-order valence-corrected chi connectivity index (χ0v) is 20.7. The van der Waals surface area contributed by atoms with Crippen LogP contribution in [0.25, 0.3) is 0 Å². The number of nitrogens with one attached hydrogen (secondary N) is 1. The van der Waals surface area contributed by atoms with Crippen LogP contribution in [-0.4, -0.2) is 28.8 Å². The molecular weight excluding hydrogens is 420 g/mol. The third kappa shape index (κ3) is 6.80.